The highest BCUT2D eigenvalue weighted by Crippen LogP contribution is 2.39. The van der Waals surface area contributed by atoms with E-state index in [2.05, 4.69) is 6.58 Å². The van der Waals surface area contributed by atoms with Crippen LogP contribution < -0.4 is 0 Å². The van der Waals surface area contributed by atoms with Gasteiger partial charge in [-0.1, -0.05) is 36.4 Å². The molecule has 96 valence electrons. The summed E-state index contributed by atoms with van der Waals surface area (Å²) in [7, 11) is 0. The van der Waals surface area contributed by atoms with Gasteiger partial charge in [0.2, 0.25) is 5.54 Å². The van der Waals surface area contributed by atoms with Gasteiger partial charge in [0, 0.05) is 11.8 Å². The van der Waals surface area contributed by atoms with Gasteiger partial charge in [0.25, 0.3) is 0 Å². The van der Waals surface area contributed by atoms with Crippen molar-refractivity contribution in [3.8, 4) is 0 Å². The monoisotopic (exact) mass is 247 g/mol. The summed E-state index contributed by atoms with van der Waals surface area (Å²) in [5, 5.41) is 11.2. The van der Waals surface area contributed by atoms with E-state index in [0.717, 1.165) is 5.56 Å². The molecule has 1 aromatic carbocycles. The smallest absolute Gasteiger partial charge is 0.248 e. The molecule has 1 fully saturated rings. The number of hydrogen-bond acceptors (Lipinski definition) is 3. The number of hydrogen-bond donors (Lipinski definition) is 0. The van der Waals surface area contributed by atoms with E-state index >= 15 is 0 Å². The van der Waals surface area contributed by atoms with Crippen molar-refractivity contribution in [3.05, 3.63) is 58.7 Å². The van der Waals surface area contributed by atoms with E-state index < -0.39 is 5.54 Å². The molecule has 0 spiro atoms. The summed E-state index contributed by atoms with van der Waals surface area (Å²) >= 11 is 0. The van der Waals surface area contributed by atoms with Gasteiger partial charge in [-0.25, -0.2) is 0 Å². The van der Waals surface area contributed by atoms with Gasteiger partial charge in [-0.15, -0.1) is 6.58 Å². The zero-order chi connectivity index (χ0) is 13.2. The van der Waals surface area contributed by atoms with E-state index in [1.54, 1.807) is 13.0 Å². The lowest BCUT2D eigenvalue weighted by Crippen LogP contribution is -2.50. The fourth-order valence-electron chi connectivity index (χ4n) is 2.37. The van der Waals surface area contributed by atoms with E-state index in [1.165, 1.54) is 0 Å². The minimum absolute atomic E-state index is 0.0813. The van der Waals surface area contributed by atoms with Crippen LogP contribution in [-0.4, -0.2) is 17.1 Å². The third-order valence-electron chi connectivity index (χ3n) is 3.72. The lowest BCUT2D eigenvalue weighted by molar-refractivity contribution is -0.584. The summed E-state index contributed by atoms with van der Waals surface area (Å²) in [6, 6.07) is 9.81. The van der Waals surface area contributed by atoms with Crippen LogP contribution in [0.25, 0.3) is 0 Å². The van der Waals surface area contributed by atoms with Crippen molar-refractivity contribution in [2.75, 3.05) is 6.61 Å². The maximum atomic E-state index is 11.2. The first-order valence-corrected chi connectivity index (χ1v) is 6.01. The molecule has 4 nitrogen and oxygen atoms in total. The molecular formula is C14H17NO3. The average molecular weight is 247 g/mol. The fourth-order valence-corrected chi connectivity index (χ4v) is 2.37. The van der Waals surface area contributed by atoms with E-state index in [4.69, 9.17) is 4.74 Å². The predicted molar refractivity (Wildman–Crippen MR) is 68.8 cm³/mol. The third kappa shape index (κ3) is 2.16. The van der Waals surface area contributed by atoms with Gasteiger partial charge in [-0.2, -0.15) is 0 Å². The molecule has 0 N–H and O–H groups in total. The highest BCUT2D eigenvalue weighted by molar-refractivity contribution is 5.19. The molecular weight excluding hydrogens is 230 g/mol. The second-order valence-corrected chi connectivity index (χ2v) is 4.90. The van der Waals surface area contributed by atoms with Crippen molar-refractivity contribution in [3.63, 3.8) is 0 Å². The fraction of sp³-hybridized carbons (Fsp3) is 0.429. The van der Waals surface area contributed by atoms with Crippen LogP contribution in [0.3, 0.4) is 0 Å². The Morgan fingerprint density at radius 1 is 1.50 bits per heavy atom. The standard InChI is InChI=1S/C14H17NO3/c1-3-12-9-13(11-7-5-4-6-8-11)18-10-14(12,2)15(16)17/h3-8,12-13H,1,9-10H2,2H3/t12-,13+,14+/m1/s1. The zero-order valence-corrected chi connectivity index (χ0v) is 10.4. The molecule has 0 amide bonds. The van der Waals surface area contributed by atoms with Crippen LogP contribution in [0, 0.1) is 16.0 Å². The molecule has 0 saturated carbocycles. The van der Waals surface area contributed by atoms with Crippen molar-refractivity contribution in [1.29, 1.82) is 0 Å². The third-order valence-corrected chi connectivity index (χ3v) is 3.72. The normalized spacial score (nSPS) is 31.8. The van der Waals surface area contributed by atoms with Gasteiger partial charge in [-0.05, 0) is 12.0 Å². The Bertz CT molecular complexity index is 446. The molecule has 3 atom stereocenters. The molecule has 1 aromatic rings. The van der Waals surface area contributed by atoms with E-state index in [9.17, 15) is 10.1 Å². The molecule has 0 unspecified atom stereocenters. The molecule has 2 rings (SSSR count). The molecule has 0 radical (unpaired) electrons. The molecule has 4 heteroatoms. The van der Waals surface area contributed by atoms with Gasteiger partial charge in [-0.3, -0.25) is 10.1 Å². The Labute approximate surface area is 106 Å². The predicted octanol–water partition coefficient (Wildman–Crippen LogP) is 2.99. The minimum Gasteiger partial charge on any atom is -0.366 e. The van der Waals surface area contributed by atoms with Crippen molar-refractivity contribution >= 4 is 0 Å². The quantitative estimate of drug-likeness (QED) is 0.468. The highest BCUT2D eigenvalue weighted by atomic mass is 16.6. The van der Waals surface area contributed by atoms with Crippen LogP contribution in [0.2, 0.25) is 0 Å². The van der Waals surface area contributed by atoms with Gasteiger partial charge < -0.3 is 4.74 Å². The van der Waals surface area contributed by atoms with Crippen LogP contribution in [0.4, 0.5) is 0 Å². The van der Waals surface area contributed by atoms with E-state index in [1.807, 2.05) is 30.3 Å². The molecule has 1 saturated heterocycles. The van der Waals surface area contributed by atoms with Crippen molar-refractivity contribution in [2.45, 2.75) is 25.0 Å². The second-order valence-electron chi connectivity index (χ2n) is 4.90. The summed E-state index contributed by atoms with van der Waals surface area (Å²) in [4.78, 5) is 10.9. The maximum Gasteiger partial charge on any atom is 0.248 e. The van der Waals surface area contributed by atoms with Gasteiger partial charge in [0.05, 0.1) is 12.0 Å². The topological polar surface area (TPSA) is 52.4 Å². The second kappa shape index (κ2) is 4.90. The molecule has 0 aliphatic carbocycles. The van der Waals surface area contributed by atoms with Crippen molar-refractivity contribution in [2.24, 2.45) is 5.92 Å². The van der Waals surface area contributed by atoms with Gasteiger partial charge in [0.15, 0.2) is 0 Å². The molecule has 0 bridgehead atoms. The van der Waals surface area contributed by atoms with Crippen LogP contribution in [0.1, 0.15) is 25.0 Å². The van der Waals surface area contributed by atoms with Gasteiger partial charge in [0.1, 0.15) is 6.61 Å². The summed E-state index contributed by atoms with van der Waals surface area (Å²) in [6.45, 7) is 5.48. The SMILES string of the molecule is C=C[C@@H]1C[C@@H](c2ccccc2)OC[C@]1(C)[N+](=O)[O-]. The van der Waals surface area contributed by atoms with Crippen LogP contribution in [-0.2, 0) is 4.74 Å². The molecule has 0 aromatic heterocycles. The number of nitro groups is 1. The van der Waals surface area contributed by atoms with Crippen molar-refractivity contribution < 1.29 is 9.66 Å². The van der Waals surface area contributed by atoms with Crippen molar-refractivity contribution in [1.82, 2.24) is 0 Å². The lowest BCUT2D eigenvalue weighted by Gasteiger charge is -2.36. The van der Waals surface area contributed by atoms with E-state index in [-0.39, 0.29) is 23.6 Å². The van der Waals surface area contributed by atoms with Crippen LogP contribution in [0.15, 0.2) is 43.0 Å². The average Bonchev–Trinajstić information content (AvgIpc) is 2.40. The molecule has 1 aliphatic heterocycles. The van der Waals surface area contributed by atoms with Crippen LogP contribution >= 0.6 is 0 Å². The zero-order valence-electron chi connectivity index (χ0n) is 10.4. The molecule has 1 aliphatic rings. The summed E-state index contributed by atoms with van der Waals surface area (Å²) in [5.41, 5.74) is 0.00211. The Morgan fingerprint density at radius 3 is 2.72 bits per heavy atom. The first-order valence-electron chi connectivity index (χ1n) is 6.01. The largest absolute Gasteiger partial charge is 0.366 e. The summed E-state index contributed by atoms with van der Waals surface area (Å²) in [6.07, 6.45) is 2.20. The van der Waals surface area contributed by atoms with E-state index in [0.29, 0.717) is 6.42 Å². The number of nitrogens with zero attached hydrogens (tertiary/aromatic N) is 1. The maximum absolute atomic E-state index is 11.2. The lowest BCUT2D eigenvalue weighted by atomic mass is 9.79. The Morgan fingerprint density at radius 2 is 2.17 bits per heavy atom. The van der Waals surface area contributed by atoms with Gasteiger partial charge >= 0.3 is 0 Å². The number of benzene rings is 1. The van der Waals surface area contributed by atoms with Crippen LogP contribution in [0.5, 0.6) is 0 Å². The highest BCUT2D eigenvalue weighted by Gasteiger charge is 2.49. The molecule has 1 heterocycles. The Kier molecular flexibility index (Phi) is 3.48. The molecule has 18 heavy (non-hydrogen) atoms. The first-order chi connectivity index (χ1) is 8.58. The first kappa shape index (κ1) is 12.8. The summed E-state index contributed by atoms with van der Waals surface area (Å²) in [5.74, 6) is -0.175. The summed E-state index contributed by atoms with van der Waals surface area (Å²) < 4.78 is 5.68. The Balaban J connectivity index is 2.19. The minimum atomic E-state index is -1.06. The number of ether oxygens (including phenoxy) is 1. The number of rotatable bonds is 3. The Hall–Kier alpha value is -1.68.